The van der Waals surface area contributed by atoms with Crippen LogP contribution in [0.4, 0.5) is 24.5 Å². The van der Waals surface area contributed by atoms with E-state index in [1.54, 1.807) is 29.4 Å². The largest absolute Gasteiger partial charge is 0.504 e. The summed E-state index contributed by atoms with van der Waals surface area (Å²) in [7, 11) is 1.80. The van der Waals surface area contributed by atoms with E-state index in [1.807, 2.05) is 30.9 Å². The number of nitrogens with one attached hydrogen (secondary N) is 1. The molecule has 0 bridgehead atoms. The number of anilines is 2. The van der Waals surface area contributed by atoms with Crippen LogP contribution in [0, 0.1) is 13.8 Å². The first kappa shape index (κ1) is 36.3. The number of halogens is 4. The van der Waals surface area contributed by atoms with Crippen LogP contribution < -0.4 is 15.8 Å². The van der Waals surface area contributed by atoms with Gasteiger partial charge in [-0.15, -0.1) is 5.10 Å². The number of aryl methyl sites for hydroxylation is 3. The van der Waals surface area contributed by atoms with Crippen LogP contribution in [0.25, 0.3) is 28.1 Å². The fraction of sp³-hybridized carbons (Fsp3) is 0.314. The number of nitrogens with zero attached hydrogens (tertiary/aromatic N) is 10. The summed E-state index contributed by atoms with van der Waals surface area (Å²) in [6.07, 6.45) is -1.42. The van der Waals surface area contributed by atoms with Crippen LogP contribution in [0.5, 0.6) is 5.75 Å². The molecule has 0 aliphatic carbocycles. The average Bonchev–Trinajstić information content (AvgIpc) is 3.74. The fourth-order valence-corrected chi connectivity index (χ4v) is 6.86. The number of piperazine rings is 1. The monoisotopic (exact) mass is 763 g/mol. The van der Waals surface area contributed by atoms with E-state index in [4.69, 9.17) is 16.6 Å². The lowest BCUT2D eigenvalue weighted by atomic mass is 10.1. The third-order valence-electron chi connectivity index (χ3n) is 9.46. The zero-order chi connectivity index (χ0) is 38.6. The smallest absolute Gasteiger partial charge is 0.416 e. The molecule has 15 nitrogen and oxygen atoms in total. The zero-order valence-electron chi connectivity index (χ0n) is 29.4. The molecule has 54 heavy (non-hydrogen) atoms. The number of amides is 2. The summed E-state index contributed by atoms with van der Waals surface area (Å²) in [6.45, 7) is 5.65. The molecule has 2 amide bonds. The van der Waals surface area contributed by atoms with Gasteiger partial charge in [0.05, 0.1) is 39.4 Å². The molecule has 1 aliphatic heterocycles. The molecule has 0 spiro atoms. The molecule has 0 unspecified atom stereocenters. The third-order valence-corrected chi connectivity index (χ3v) is 9.77. The summed E-state index contributed by atoms with van der Waals surface area (Å²) >= 11 is 6.15. The molecule has 0 atom stereocenters. The maximum atomic E-state index is 14.4. The van der Waals surface area contributed by atoms with Crippen molar-refractivity contribution >= 4 is 51.5 Å². The van der Waals surface area contributed by atoms with Crippen LogP contribution in [0.2, 0.25) is 5.02 Å². The summed E-state index contributed by atoms with van der Waals surface area (Å²) < 4.78 is 44.2. The van der Waals surface area contributed by atoms with Crippen molar-refractivity contribution in [1.29, 1.82) is 0 Å². The predicted molar refractivity (Wildman–Crippen MR) is 193 cm³/mol. The maximum Gasteiger partial charge on any atom is 0.416 e. The second-order valence-electron chi connectivity index (χ2n) is 12.9. The Labute approximate surface area is 309 Å². The van der Waals surface area contributed by atoms with Crippen molar-refractivity contribution in [2.75, 3.05) is 36.4 Å². The number of hydrogen-bond acceptors (Lipinski definition) is 10. The van der Waals surface area contributed by atoms with Gasteiger partial charge in [0.1, 0.15) is 18.6 Å². The van der Waals surface area contributed by atoms with Crippen molar-refractivity contribution in [2.24, 2.45) is 7.05 Å². The first-order valence-electron chi connectivity index (χ1n) is 16.8. The van der Waals surface area contributed by atoms with E-state index >= 15 is 0 Å². The Bertz CT molecular complexity index is 2540. The SMILES string of the molecule is CCc1c(N2CCN(C(=O)c3ncnc(C)c3O)CC2)c(=O)n2nc(-c3cc4c(cnn4C)cc3C)nc2n1CC(=O)Nc1ccc(C(F)(F)F)cc1Cl. The molecule has 4 aromatic heterocycles. The zero-order valence-corrected chi connectivity index (χ0v) is 30.2. The van der Waals surface area contributed by atoms with Crippen LogP contribution in [-0.2, 0) is 31.0 Å². The average molecular weight is 764 g/mol. The van der Waals surface area contributed by atoms with Crippen LogP contribution in [-0.4, -0.2) is 86.9 Å². The number of rotatable bonds is 7. The van der Waals surface area contributed by atoms with Crippen molar-refractivity contribution in [3.05, 3.63) is 86.4 Å². The minimum absolute atomic E-state index is 0.0297. The third kappa shape index (κ3) is 6.46. The number of aromatic hydroxyl groups is 1. The van der Waals surface area contributed by atoms with Crippen molar-refractivity contribution in [1.82, 2.24) is 43.8 Å². The molecule has 7 rings (SSSR count). The maximum absolute atomic E-state index is 14.4. The number of fused-ring (bicyclic) bond motifs is 2. The van der Waals surface area contributed by atoms with E-state index < -0.39 is 35.7 Å². The predicted octanol–water partition coefficient (Wildman–Crippen LogP) is 4.39. The lowest BCUT2D eigenvalue weighted by Crippen LogP contribution is -2.51. The van der Waals surface area contributed by atoms with E-state index in [-0.39, 0.29) is 77.7 Å². The van der Waals surface area contributed by atoms with Gasteiger partial charge in [0.2, 0.25) is 11.7 Å². The van der Waals surface area contributed by atoms with Gasteiger partial charge in [-0.1, -0.05) is 18.5 Å². The standard InChI is InChI=1S/C35H33ClF3N11O4/c1-5-25-29(47-8-10-48(11-9-47)32(53)28-30(52)19(3)40-17-41-28)33(54)50-34(44-31(45-50)22-14-26-20(12-18(22)2)15-42-46(26)4)49(25)16-27(51)43-24-7-6-21(13-23(24)36)35(37,38)39/h6-7,12-15,17,52H,5,8-11,16H2,1-4H3,(H,43,51). The number of carbonyl (C=O) groups excluding carboxylic acids is 2. The van der Waals surface area contributed by atoms with E-state index in [9.17, 15) is 32.7 Å². The molecule has 0 saturated carbocycles. The van der Waals surface area contributed by atoms with Crippen LogP contribution in [0.1, 0.15) is 39.9 Å². The molecule has 1 saturated heterocycles. The molecule has 19 heteroatoms. The first-order chi connectivity index (χ1) is 25.7. The van der Waals surface area contributed by atoms with Gasteiger partial charge < -0.3 is 24.8 Å². The lowest BCUT2D eigenvalue weighted by Gasteiger charge is -2.36. The van der Waals surface area contributed by atoms with Crippen LogP contribution in [0.3, 0.4) is 0 Å². The van der Waals surface area contributed by atoms with Gasteiger partial charge in [-0.05, 0) is 56.2 Å². The Kier molecular flexibility index (Phi) is 9.24. The van der Waals surface area contributed by atoms with Crippen molar-refractivity contribution in [3.8, 4) is 17.1 Å². The summed E-state index contributed by atoms with van der Waals surface area (Å²) in [4.78, 5) is 57.3. The Morgan fingerprint density at radius 2 is 1.80 bits per heavy atom. The molecular weight excluding hydrogens is 731 g/mol. The Morgan fingerprint density at radius 3 is 2.48 bits per heavy atom. The van der Waals surface area contributed by atoms with Crippen molar-refractivity contribution < 1.29 is 27.9 Å². The Hall–Kier alpha value is -6.04. The van der Waals surface area contributed by atoms with Gasteiger partial charge in [-0.2, -0.15) is 27.8 Å². The Morgan fingerprint density at radius 1 is 1.06 bits per heavy atom. The second-order valence-corrected chi connectivity index (χ2v) is 13.3. The molecule has 2 aromatic carbocycles. The van der Waals surface area contributed by atoms with E-state index in [0.29, 0.717) is 11.3 Å². The highest BCUT2D eigenvalue weighted by atomic mass is 35.5. The number of benzene rings is 2. The van der Waals surface area contributed by atoms with Gasteiger partial charge in [-0.25, -0.2) is 9.97 Å². The molecule has 0 radical (unpaired) electrons. The highest BCUT2D eigenvalue weighted by molar-refractivity contribution is 6.33. The second kappa shape index (κ2) is 13.7. The molecule has 5 heterocycles. The number of carbonyl (C=O) groups is 2. The summed E-state index contributed by atoms with van der Waals surface area (Å²) in [5.41, 5.74) is 1.61. The van der Waals surface area contributed by atoms with E-state index in [0.717, 1.165) is 39.2 Å². The van der Waals surface area contributed by atoms with E-state index in [2.05, 4.69) is 25.5 Å². The summed E-state index contributed by atoms with van der Waals surface area (Å²) in [6, 6.07) is 6.43. The molecule has 2 N–H and O–H groups in total. The van der Waals surface area contributed by atoms with Gasteiger partial charge in [-0.3, -0.25) is 19.1 Å². The molecule has 6 aromatic rings. The minimum atomic E-state index is -4.62. The lowest BCUT2D eigenvalue weighted by molar-refractivity contribution is -0.137. The summed E-state index contributed by atoms with van der Waals surface area (Å²) in [5, 5.41) is 22.6. The van der Waals surface area contributed by atoms with Crippen molar-refractivity contribution in [2.45, 2.75) is 39.9 Å². The molecule has 1 fully saturated rings. The highest BCUT2D eigenvalue weighted by Gasteiger charge is 2.32. The van der Waals surface area contributed by atoms with Gasteiger partial charge in [0, 0.05) is 44.2 Å². The Balaban J connectivity index is 1.29. The van der Waals surface area contributed by atoms with E-state index in [1.165, 1.54) is 11.2 Å². The first-order valence-corrected chi connectivity index (χ1v) is 17.2. The molecule has 1 aliphatic rings. The van der Waals surface area contributed by atoms with Gasteiger partial charge in [0.15, 0.2) is 17.3 Å². The van der Waals surface area contributed by atoms with Gasteiger partial charge in [0.25, 0.3) is 11.5 Å². The number of aromatic nitrogens is 8. The topological polar surface area (TPSA) is 169 Å². The number of hydrogen-bond donors (Lipinski definition) is 2. The van der Waals surface area contributed by atoms with Crippen LogP contribution >= 0.6 is 11.6 Å². The minimum Gasteiger partial charge on any atom is -0.504 e. The van der Waals surface area contributed by atoms with Crippen molar-refractivity contribution in [3.63, 3.8) is 0 Å². The highest BCUT2D eigenvalue weighted by Crippen LogP contribution is 2.34. The molecular formula is C35H33ClF3N11O4. The summed E-state index contributed by atoms with van der Waals surface area (Å²) in [5.74, 6) is -1.14. The fourth-order valence-electron chi connectivity index (χ4n) is 6.63. The quantitative estimate of drug-likeness (QED) is 0.238. The van der Waals surface area contributed by atoms with Crippen LogP contribution in [0.15, 0.2) is 47.7 Å². The number of alkyl halides is 3. The molecule has 280 valence electrons. The normalized spacial score (nSPS) is 13.6. The van der Waals surface area contributed by atoms with Gasteiger partial charge >= 0.3 is 6.18 Å².